The molecular formula is C28H27ClFN3O5. The summed E-state index contributed by atoms with van der Waals surface area (Å²) in [6, 6.07) is 17.7. The van der Waals surface area contributed by atoms with Gasteiger partial charge in [0, 0.05) is 34.7 Å². The number of H-pyrrole nitrogens is 1. The molecule has 0 saturated heterocycles. The number of rotatable bonds is 8. The summed E-state index contributed by atoms with van der Waals surface area (Å²) in [5.41, 5.74) is 3.69. The summed E-state index contributed by atoms with van der Waals surface area (Å²) >= 11 is 6.28. The number of nitrogens with one attached hydrogen (secondary N) is 2. The van der Waals surface area contributed by atoms with E-state index in [0.717, 1.165) is 27.7 Å². The number of aromatic nitrogens is 1. The van der Waals surface area contributed by atoms with E-state index in [9.17, 15) is 14.3 Å². The van der Waals surface area contributed by atoms with Crippen LogP contribution >= 0.6 is 11.6 Å². The zero-order chi connectivity index (χ0) is 26.6. The van der Waals surface area contributed by atoms with Crippen molar-refractivity contribution < 1.29 is 28.9 Å². The highest BCUT2D eigenvalue weighted by Gasteiger charge is 2.35. The normalized spacial score (nSPS) is 15.8. The summed E-state index contributed by atoms with van der Waals surface area (Å²) in [5.74, 6) is 0.376. The molecule has 0 saturated carbocycles. The Morgan fingerprint density at radius 1 is 1.13 bits per heavy atom. The first kappa shape index (κ1) is 26.0. The molecule has 198 valence electrons. The summed E-state index contributed by atoms with van der Waals surface area (Å²) in [6.07, 6.45) is -0.870. The predicted octanol–water partition coefficient (Wildman–Crippen LogP) is 4.39. The number of nitrogens with zero attached hydrogens (tertiary/aromatic N) is 1. The summed E-state index contributed by atoms with van der Waals surface area (Å²) < 4.78 is 24.6. The highest BCUT2D eigenvalue weighted by molar-refractivity contribution is 6.31. The smallest absolute Gasteiger partial charge is 0.416 e. The third-order valence-electron chi connectivity index (χ3n) is 6.44. The number of hydrogen-bond acceptors (Lipinski definition) is 6. The number of aromatic amines is 1. The van der Waals surface area contributed by atoms with Gasteiger partial charge in [-0.3, -0.25) is 10.2 Å². The van der Waals surface area contributed by atoms with E-state index in [0.29, 0.717) is 23.7 Å². The molecule has 0 fully saturated rings. The van der Waals surface area contributed by atoms with E-state index in [4.69, 9.17) is 26.2 Å². The molecule has 8 nitrogen and oxygen atoms in total. The van der Waals surface area contributed by atoms with Gasteiger partial charge in [-0.1, -0.05) is 23.7 Å². The average molecular weight is 540 g/mol. The number of amides is 1. The first-order valence-corrected chi connectivity index (χ1v) is 12.6. The second-order valence-corrected chi connectivity index (χ2v) is 9.38. The third-order valence-corrected chi connectivity index (χ3v) is 6.67. The van der Waals surface area contributed by atoms with Crippen molar-refractivity contribution in [1.82, 2.24) is 15.2 Å². The molecule has 1 aliphatic rings. The number of carbonyl (C=O) groups excluding carboxylic acids is 1. The topological polar surface area (TPSA) is 107 Å². The van der Waals surface area contributed by atoms with Gasteiger partial charge < -0.3 is 24.7 Å². The zero-order valence-corrected chi connectivity index (χ0v) is 21.1. The Balaban J connectivity index is 1.44. The minimum absolute atomic E-state index is 0.00578. The van der Waals surface area contributed by atoms with Gasteiger partial charge in [0.25, 0.3) is 0 Å². The minimum Gasteiger partial charge on any atom is -0.489 e. The van der Waals surface area contributed by atoms with Crippen LogP contribution in [0.2, 0.25) is 5.02 Å². The van der Waals surface area contributed by atoms with E-state index in [2.05, 4.69) is 10.3 Å². The first-order valence-electron chi connectivity index (χ1n) is 12.2. The number of halogens is 2. The van der Waals surface area contributed by atoms with Crippen LogP contribution in [0.3, 0.4) is 0 Å². The lowest BCUT2D eigenvalue weighted by Gasteiger charge is -2.35. The summed E-state index contributed by atoms with van der Waals surface area (Å²) in [7, 11) is 0. The zero-order valence-electron chi connectivity index (χ0n) is 20.4. The Morgan fingerprint density at radius 3 is 2.61 bits per heavy atom. The number of fused-ring (bicyclic) bond motifs is 3. The molecule has 0 radical (unpaired) electrons. The van der Waals surface area contributed by atoms with E-state index < -0.39 is 24.2 Å². The van der Waals surface area contributed by atoms with Crippen molar-refractivity contribution in [3.63, 3.8) is 0 Å². The van der Waals surface area contributed by atoms with Gasteiger partial charge in [0.05, 0.1) is 6.61 Å². The van der Waals surface area contributed by atoms with Crippen LogP contribution in [-0.2, 0) is 6.42 Å². The second kappa shape index (κ2) is 11.4. The molecule has 0 bridgehead atoms. The third kappa shape index (κ3) is 5.61. The van der Waals surface area contributed by atoms with Crippen LogP contribution in [0.4, 0.5) is 9.18 Å². The van der Waals surface area contributed by atoms with Crippen LogP contribution in [0.15, 0.2) is 66.7 Å². The molecule has 1 aromatic heterocycles. The molecule has 5 rings (SSSR count). The molecule has 4 aromatic rings. The number of hydrogen-bond donors (Lipinski definition) is 4. The molecular weight excluding hydrogens is 513 g/mol. The number of aliphatic hydroxyl groups is 2. The van der Waals surface area contributed by atoms with E-state index in [1.807, 2.05) is 30.3 Å². The molecule has 2 atom stereocenters. The number of ether oxygens (including phenoxy) is 2. The lowest BCUT2D eigenvalue weighted by atomic mass is 9.92. The van der Waals surface area contributed by atoms with Crippen LogP contribution in [0.25, 0.3) is 10.9 Å². The Labute approximate surface area is 223 Å². The van der Waals surface area contributed by atoms with Crippen molar-refractivity contribution in [3.05, 3.63) is 94.4 Å². The number of benzene rings is 3. The molecule has 2 unspecified atom stereocenters. The van der Waals surface area contributed by atoms with Gasteiger partial charge in [-0.05, 0) is 72.1 Å². The van der Waals surface area contributed by atoms with Gasteiger partial charge in [0.1, 0.15) is 36.2 Å². The largest absolute Gasteiger partial charge is 0.489 e. The number of aliphatic hydroxyl groups excluding tert-OH is 2. The van der Waals surface area contributed by atoms with Crippen LogP contribution in [-0.4, -0.2) is 58.7 Å². The summed E-state index contributed by atoms with van der Waals surface area (Å²) in [4.78, 5) is 18.5. The molecule has 0 aliphatic carbocycles. The molecule has 4 N–H and O–H groups in total. The van der Waals surface area contributed by atoms with Crippen LogP contribution in [0.1, 0.15) is 22.9 Å². The fourth-order valence-corrected chi connectivity index (χ4v) is 4.85. The maximum Gasteiger partial charge on any atom is 0.416 e. The van der Waals surface area contributed by atoms with Gasteiger partial charge >= 0.3 is 6.09 Å². The molecule has 10 heteroatoms. The van der Waals surface area contributed by atoms with Crippen molar-refractivity contribution in [1.29, 1.82) is 0 Å². The monoisotopic (exact) mass is 539 g/mol. The standard InChI is InChI=1S/C28H27ClFN3O5/c29-18-3-10-24-23(15-18)22-11-13-33(28(36)38-21-8-4-19(30)5-9-21)27(26(22)32-24)17-1-6-20(7-2-17)37-16-25(35)31-12-14-34/h1-10,15,25,27,31-32,34-35H,11-14,16H2. The molecule has 38 heavy (non-hydrogen) atoms. The predicted molar refractivity (Wildman–Crippen MR) is 141 cm³/mol. The van der Waals surface area contributed by atoms with Crippen molar-refractivity contribution in [2.75, 3.05) is 26.3 Å². The Kier molecular flexibility index (Phi) is 7.80. The Hall–Kier alpha value is -3.63. The fourth-order valence-electron chi connectivity index (χ4n) is 4.68. The molecule has 1 aliphatic heterocycles. The van der Waals surface area contributed by atoms with Crippen molar-refractivity contribution >= 4 is 28.6 Å². The average Bonchev–Trinajstić information content (AvgIpc) is 3.29. The van der Waals surface area contributed by atoms with Crippen LogP contribution < -0.4 is 14.8 Å². The van der Waals surface area contributed by atoms with Crippen molar-refractivity contribution in [3.8, 4) is 11.5 Å². The minimum atomic E-state index is -0.919. The van der Waals surface area contributed by atoms with Crippen LogP contribution in [0, 0.1) is 5.82 Å². The highest BCUT2D eigenvalue weighted by Crippen LogP contribution is 2.40. The molecule has 3 aromatic carbocycles. The van der Waals surface area contributed by atoms with E-state index in [1.54, 1.807) is 17.0 Å². The fraction of sp³-hybridized carbons (Fsp3) is 0.250. The SMILES string of the molecule is O=C(Oc1ccc(F)cc1)N1CCc2c([nH]c3ccc(Cl)cc23)C1c1ccc(OCC(O)NCCO)cc1. The summed E-state index contributed by atoms with van der Waals surface area (Å²) in [5, 5.41) is 23.1. The molecule has 1 amide bonds. The van der Waals surface area contributed by atoms with E-state index >= 15 is 0 Å². The van der Waals surface area contributed by atoms with Crippen LogP contribution in [0.5, 0.6) is 11.5 Å². The summed E-state index contributed by atoms with van der Waals surface area (Å²) in [6.45, 7) is 0.576. The van der Waals surface area contributed by atoms with Gasteiger partial charge in [-0.15, -0.1) is 0 Å². The first-order chi connectivity index (χ1) is 18.4. The van der Waals surface area contributed by atoms with E-state index in [1.165, 1.54) is 24.3 Å². The quantitative estimate of drug-likeness (QED) is 0.247. The van der Waals surface area contributed by atoms with Gasteiger partial charge in [0.2, 0.25) is 0 Å². The molecule has 2 heterocycles. The van der Waals surface area contributed by atoms with E-state index in [-0.39, 0.29) is 25.5 Å². The Morgan fingerprint density at radius 2 is 1.87 bits per heavy atom. The van der Waals surface area contributed by atoms with Gasteiger partial charge in [-0.2, -0.15) is 0 Å². The lowest BCUT2D eigenvalue weighted by molar-refractivity contribution is 0.0743. The number of carbonyl (C=O) groups is 1. The highest BCUT2D eigenvalue weighted by atomic mass is 35.5. The lowest BCUT2D eigenvalue weighted by Crippen LogP contribution is -2.42. The maximum atomic E-state index is 13.3. The second-order valence-electron chi connectivity index (χ2n) is 8.95. The van der Waals surface area contributed by atoms with Gasteiger partial charge in [-0.25, -0.2) is 9.18 Å². The van der Waals surface area contributed by atoms with Crippen molar-refractivity contribution in [2.24, 2.45) is 0 Å². The van der Waals surface area contributed by atoms with Crippen molar-refractivity contribution in [2.45, 2.75) is 18.7 Å². The Bertz CT molecular complexity index is 1410. The molecule has 0 spiro atoms. The maximum absolute atomic E-state index is 13.3. The van der Waals surface area contributed by atoms with Gasteiger partial charge in [0.15, 0.2) is 0 Å².